The van der Waals surface area contributed by atoms with Gasteiger partial charge in [0, 0.05) is 12.6 Å². The van der Waals surface area contributed by atoms with Gasteiger partial charge in [-0.05, 0) is 12.5 Å². The van der Waals surface area contributed by atoms with Crippen LogP contribution in [0.5, 0.6) is 0 Å². The van der Waals surface area contributed by atoms with Crippen LogP contribution >= 0.6 is 0 Å². The van der Waals surface area contributed by atoms with E-state index in [2.05, 4.69) is 5.32 Å². The fourth-order valence-corrected chi connectivity index (χ4v) is 2.93. The van der Waals surface area contributed by atoms with E-state index in [1.807, 2.05) is 11.8 Å². The minimum Gasteiger partial charge on any atom is -0.378 e. The van der Waals surface area contributed by atoms with Gasteiger partial charge in [-0.2, -0.15) is 0 Å². The van der Waals surface area contributed by atoms with Crippen molar-refractivity contribution in [2.45, 2.75) is 19.4 Å². The topological polar surface area (TPSA) is 41.6 Å². The highest BCUT2D eigenvalue weighted by molar-refractivity contribution is 5.98. The van der Waals surface area contributed by atoms with E-state index in [-0.39, 0.29) is 23.6 Å². The number of nitrogens with zero attached hydrogens (tertiary/aromatic N) is 1. The maximum absolute atomic E-state index is 14.0. The van der Waals surface area contributed by atoms with Crippen LogP contribution in [0.1, 0.15) is 13.3 Å². The number of ether oxygens (including phenoxy) is 1. The van der Waals surface area contributed by atoms with Crippen LogP contribution in [0.2, 0.25) is 0 Å². The SMILES string of the molecule is CCCN1c2cc(F)cc(F)c2NC(=O)C2COCC21. The van der Waals surface area contributed by atoms with Gasteiger partial charge in [0.25, 0.3) is 0 Å². The van der Waals surface area contributed by atoms with Crippen LogP contribution < -0.4 is 10.2 Å². The Bertz CT molecular complexity index is 550. The summed E-state index contributed by atoms with van der Waals surface area (Å²) in [6, 6.07) is 1.90. The van der Waals surface area contributed by atoms with Crippen molar-refractivity contribution >= 4 is 17.3 Å². The molecule has 0 radical (unpaired) electrons. The van der Waals surface area contributed by atoms with Crippen molar-refractivity contribution in [2.24, 2.45) is 5.92 Å². The molecule has 0 bridgehead atoms. The molecule has 108 valence electrons. The molecule has 20 heavy (non-hydrogen) atoms. The third kappa shape index (κ3) is 2.04. The number of nitrogens with one attached hydrogen (secondary N) is 1. The normalized spacial score (nSPS) is 24.9. The Morgan fingerprint density at radius 3 is 2.95 bits per heavy atom. The van der Waals surface area contributed by atoms with Crippen LogP contribution in [0.3, 0.4) is 0 Å². The van der Waals surface area contributed by atoms with Gasteiger partial charge in [0.15, 0.2) is 5.82 Å². The second-order valence-electron chi connectivity index (χ2n) is 5.18. The summed E-state index contributed by atoms with van der Waals surface area (Å²) in [6.07, 6.45) is 0.814. The van der Waals surface area contributed by atoms with E-state index in [9.17, 15) is 13.6 Å². The summed E-state index contributed by atoms with van der Waals surface area (Å²) in [4.78, 5) is 14.1. The van der Waals surface area contributed by atoms with Crippen LogP contribution in [0.15, 0.2) is 12.1 Å². The lowest BCUT2D eigenvalue weighted by Crippen LogP contribution is -2.43. The van der Waals surface area contributed by atoms with Crippen LogP contribution in [0.4, 0.5) is 20.2 Å². The summed E-state index contributed by atoms with van der Waals surface area (Å²) < 4.78 is 32.9. The standard InChI is InChI=1S/C14H16F2N2O2/c1-2-3-18-11-5-8(15)4-10(16)13(11)17-14(19)9-6-20-7-12(9)18/h4-5,9,12H,2-3,6-7H2,1H3,(H,17,19). The fraction of sp³-hybridized carbons (Fsp3) is 0.500. The van der Waals surface area contributed by atoms with Gasteiger partial charge >= 0.3 is 0 Å². The van der Waals surface area contributed by atoms with E-state index in [4.69, 9.17) is 4.74 Å². The molecule has 3 rings (SSSR count). The van der Waals surface area contributed by atoms with Crippen LogP contribution in [-0.4, -0.2) is 31.7 Å². The molecule has 2 atom stereocenters. The monoisotopic (exact) mass is 282 g/mol. The number of halogens is 2. The maximum Gasteiger partial charge on any atom is 0.232 e. The maximum atomic E-state index is 14.0. The lowest BCUT2D eigenvalue weighted by molar-refractivity contribution is -0.120. The molecule has 4 nitrogen and oxygen atoms in total. The number of fused-ring (bicyclic) bond motifs is 2. The predicted molar refractivity (Wildman–Crippen MR) is 70.7 cm³/mol. The average Bonchev–Trinajstić information content (AvgIpc) is 2.84. The second kappa shape index (κ2) is 5.01. The van der Waals surface area contributed by atoms with Crippen molar-refractivity contribution < 1.29 is 18.3 Å². The molecule has 6 heteroatoms. The van der Waals surface area contributed by atoms with Crippen LogP contribution in [0.25, 0.3) is 0 Å². The molecule has 2 heterocycles. The smallest absolute Gasteiger partial charge is 0.232 e. The third-order valence-corrected chi connectivity index (χ3v) is 3.84. The molecule has 0 aliphatic carbocycles. The van der Waals surface area contributed by atoms with E-state index < -0.39 is 11.6 Å². The molecule has 2 aliphatic heterocycles. The van der Waals surface area contributed by atoms with Gasteiger partial charge in [0.1, 0.15) is 11.5 Å². The molecule has 0 saturated carbocycles. The number of anilines is 2. The Labute approximate surface area is 115 Å². The van der Waals surface area contributed by atoms with Crippen molar-refractivity contribution in [3.05, 3.63) is 23.8 Å². The number of hydrogen-bond acceptors (Lipinski definition) is 3. The second-order valence-corrected chi connectivity index (χ2v) is 5.18. The van der Waals surface area contributed by atoms with E-state index in [0.717, 1.165) is 12.5 Å². The van der Waals surface area contributed by atoms with Crippen LogP contribution in [-0.2, 0) is 9.53 Å². The van der Waals surface area contributed by atoms with Crippen molar-refractivity contribution in [3.63, 3.8) is 0 Å². The summed E-state index contributed by atoms with van der Waals surface area (Å²) in [5.74, 6) is -2.00. The summed E-state index contributed by atoms with van der Waals surface area (Å²) in [7, 11) is 0. The zero-order chi connectivity index (χ0) is 14.3. The third-order valence-electron chi connectivity index (χ3n) is 3.84. The Morgan fingerprint density at radius 1 is 1.40 bits per heavy atom. The molecule has 1 N–H and O–H groups in total. The Balaban J connectivity index is 2.13. The molecule has 2 aliphatic rings. The molecule has 1 saturated heterocycles. The number of hydrogen-bond donors (Lipinski definition) is 1. The first-order valence-corrected chi connectivity index (χ1v) is 6.76. The molecule has 1 fully saturated rings. The zero-order valence-electron chi connectivity index (χ0n) is 11.2. The molecule has 0 aromatic heterocycles. The van der Waals surface area contributed by atoms with Crippen molar-refractivity contribution in [2.75, 3.05) is 30.0 Å². The first kappa shape index (κ1) is 13.3. The first-order chi connectivity index (χ1) is 9.61. The van der Waals surface area contributed by atoms with E-state index in [1.54, 1.807) is 0 Å². The molecule has 1 aromatic rings. The fourth-order valence-electron chi connectivity index (χ4n) is 2.93. The lowest BCUT2D eigenvalue weighted by atomic mass is 10.0. The van der Waals surface area contributed by atoms with Gasteiger partial charge in [-0.3, -0.25) is 4.79 Å². The van der Waals surface area contributed by atoms with E-state index >= 15 is 0 Å². The largest absolute Gasteiger partial charge is 0.378 e. The summed E-state index contributed by atoms with van der Waals surface area (Å²) >= 11 is 0. The quantitative estimate of drug-likeness (QED) is 0.903. The number of carbonyl (C=O) groups excluding carboxylic acids is 1. The van der Waals surface area contributed by atoms with E-state index in [0.29, 0.717) is 25.4 Å². The van der Waals surface area contributed by atoms with Gasteiger partial charge in [-0.15, -0.1) is 0 Å². The van der Waals surface area contributed by atoms with E-state index in [1.165, 1.54) is 6.07 Å². The van der Waals surface area contributed by atoms with Gasteiger partial charge in [-0.25, -0.2) is 8.78 Å². The highest BCUT2D eigenvalue weighted by Crippen LogP contribution is 2.38. The number of carbonyl (C=O) groups is 1. The average molecular weight is 282 g/mol. The Morgan fingerprint density at radius 2 is 2.20 bits per heavy atom. The zero-order valence-corrected chi connectivity index (χ0v) is 11.2. The number of benzene rings is 1. The van der Waals surface area contributed by atoms with Gasteiger partial charge in [0.2, 0.25) is 5.91 Å². The Kier molecular flexibility index (Phi) is 3.33. The Hall–Kier alpha value is -1.69. The van der Waals surface area contributed by atoms with Crippen LogP contribution in [0, 0.1) is 17.6 Å². The lowest BCUT2D eigenvalue weighted by Gasteiger charge is -2.31. The summed E-state index contributed by atoms with van der Waals surface area (Å²) in [5, 5.41) is 2.58. The van der Waals surface area contributed by atoms with Crippen molar-refractivity contribution in [1.29, 1.82) is 0 Å². The highest BCUT2D eigenvalue weighted by atomic mass is 19.1. The van der Waals surface area contributed by atoms with Gasteiger partial charge in [0.05, 0.1) is 30.9 Å². The van der Waals surface area contributed by atoms with Gasteiger partial charge in [-0.1, -0.05) is 6.92 Å². The first-order valence-electron chi connectivity index (χ1n) is 6.76. The molecular formula is C14H16F2N2O2. The molecule has 0 spiro atoms. The highest BCUT2D eigenvalue weighted by Gasteiger charge is 2.41. The molecule has 2 unspecified atom stereocenters. The summed E-state index contributed by atoms with van der Waals surface area (Å²) in [5.41, 5.74) is 0.468. The minimum absolute atomic E-state index is 0.0688. The molecule has 1 aromatic carbocycles. The number of rotatable bonds is 2. The van der Waals surface area contributed by atoms with Crippen molar-refractivity contribution in [3.8, 4) is 0 Å². The minimum atomic E-state index is -0.740. The molecule has 1 amide bonds. The van der Waals surface area contributed by atoms with Gasteiger partial charge < -0.3 is 15.0 Å². The van der Waals surface area contributed by atoms with Crippen molar-refractivity contribution in [1.82, 2.24) is 0 Å². The molecular weight excluding hydrogens is 266 g/mol. The predicted octanol–water partition coefficient (Wildman–Crippen LogP) is 2.15. The summed E-state index contributed by atoms with van der Waals surface area (Å²) in [6.45, 7) is 3.32. The number of amides is 1.